The fraction of sp³-hybridized carbons (Fsp3) is 0.655. The van der Waals surface area contributed by atoms with E-state index in [1.54, 1.807) is 13.2 Å². The van der Waals surface area contributed by atoms with Crippen molar-refractivity contribution in [3.05, 3.63) is 23.5 Å². The molecule has 0 radical (unpaired) electrons. The number of furan rings is 1. The van der Waals surface area contributed by atoms with Crippen LogP contribution in [0.1, 0.15) is 68.9 Å². The van der Waals surface area contributed by atoms with Gasteiger partial charge in [-0.25, -0.2) is 0 Å². The van der Waals surface area contributed by atoms with E-state index in [4.69, 9.17) is 23.4 Å². The van der Waals surface area contributed by atoms with Crippen LogP contribution >= 0.6 is 0 Å². The molecule has 2 aliphatic heterocycles. The summed E-state index contributed by atoms with van der Waals surface area (Å²) in [6.07, 6.45) is -0.709. The molecule has 1 saturated carbocycles. The molecule has 5 N–H and O–H groups in total. The van der Waals surface area contributed by atoms with E-state index in [1.807, 2.05) is 6.07 Å². The molecular formula is C29H39NO11. The van der Waals surface area contributed by atoms with Crippen LogP contribution in [0.15, 0.2) is 16.7 Å². The van der Waals surface area contributed by atoms with E-state index >= 15 is 0 Å². The zero-order valence-corrected chi connectivity index (χ0v) is 23.1. The summed E-state index contributed by atoms with van der Waals surface area (Å²) in [4.78, 5) is 24.3. The van der Waals surface area contributed by atoms with Gasteiger partial charge in [-0.2, -0.15) is 0 Å². The van der Waals surface area contributed by atoms with Crippen LogP contribution in [0.2, 0.25) is 0 Å². The molecule has 1 aromatic heterocycles. The number of ether oxygens (including phenoxy) is 4. The van der Waals surface area contributed by atoms with Gasteiger partial charge in [0, 0.05) is 36.3 Å². The highest BCUT2D eigenvalue weighted by Crippen LogP contribution is 2.46. The first-order valence-electron chi connectivity index (χ1n) is 14.4. The average molecular weight is 578 g/mol. The Bertz CT molecular complexity index is 1220. The fourth-order valence-electron chi connectivity index (χ4n) is 5.86. The maximum absolute atomic E-state index is 12.3. The maximum atomic E-state index is 12.3. The van der Waals surface area contributed by atoms with E-state index in [9.17, 15) is 30.0 Å². The Labute approximate surface area is 237 Å². The van der Waals surface area contributed by atoms with Crippen molar-refractivity contribution >= 4 is 22.8 Å². The number of aliphatic hydroxyl groups is 4. The van der Waals surface area contributed by atoms with Crippen molar-refractivity contribution in [2.75, 3.05) is 19.8 Å². The van der Waals surface area contributed by atoms with E-state index in [1.165, 1.54) is 0 Å². The minimum Gasteiger partial charge on any atom is -0.483 e. The predicted molar refractivity (Wildman–Crippen MR) is 143 cm³/mol. The minimum atomic E-state index is -1.65. The number of aliphatic hydroxyl groups excluding tert-OH is 4. The monoisotopic (exact) mass is 577 g/mol. The third-order valence-corrected chi connectivity index (χ3v) is 8.12. The summed E-state index contributed by atoms with van der Waals surface area (Å²) in [7, 11) is 0. The molecule has 1 amide bonds. The molecule has 3 fully saturated rings. The summed E-state index contributed by atoms with van der Waals surface area (Å²) in [5.41, 5.74) is 1.77. The molecule has 3 aliphatic rings. The molecule has 0 unspecified atom stereocenters. The SMILES string of the molecule is CCOC(=O)CCc1cc2c([C@H]3CNC(=O)C3)coc2c(OC2CCCCC2)c1O[C@H]1O[C@H](CO)[C@@H](O)[C@H](O)[C@H]1O. The van der Waals surface area contributed by atoms with Crippen molar-refractivity contribution in [3.63, 3.8) is 0 Å². The van der Waals surface area contributed by atoms with Crippen molar-refractivity contribution in [1.82, 2.24) is 5.32 Å². The highest BCUT2D eigenvalue weighted by atomic mass is 16.7. The molecule has 41 heavy (non-hydrogen) atoms. The summed E-state index contributed by atoms with van der Waals surface area (Å²) in [6, 6.07) is 1.82. The van der Waals surface area contributed by atoms with E-state index < -0.39 is 43.3 Å². The Hall–Kier alpha value is -2.90. The van der Waals surface area contributed by atoms with Crippen molar-refractivity contribution in [2.45, 2.75) is 101 Å². The molecule has 2 aromatic rings. The van der Waals surface area contributed by atoms with Crippen LogP contribution in [0, 0.1) is 0 Å². The van der Waals surface area contributed by atoms with Crippen LogP contribution in [0.25, 0.3) is 11.0 Å². The first kappa shape index (κ1) is 29.6. The van der Waals surface area contributed by atoms with Crippen molar-refractivity contribution < 1.29 is 53.4 Å². The first-order chi connectivity index (χ1) is 19.8. The Morgan fingerprint density at radius 2 is 1.85 bits per heavy atom. The van der Waals surface area contributed by atoms with Gasteiger partial charge in [0.25, 0.3) is 0 Å². The zero-order valence-electron chi connectivity index (χ0n) is 23.1. The van der Waals surface area contributed by atoms with Gasteiger partial charge in [-0.1, -0.05) is 6.42 Å². The largest absolute Gasteiger partial charge is 0.483 e. The van der Waals surface area contributed by atoms with Gasteiger partial charge in [-0.15, -0.1) is 0 Å². The Balaban J connectivity index is 1.59. The molecular weight excluding hydrogens is 538 g/mol. The van der Waals surface area contributed by atoms with E-state index in [2.05, 4.69) is 5.32 Å². The third kappa shape index (κ3) is 6.31. The molecule has 12 nitrogen and oxygen atoms in total. The topological polar surface area (TPSA) is 177 Å². The van der Waals surface area contributed by atoms with Gasteiger partial charge in [-0.05, 0) is 50.7 Å². The molecule has 2 saturated heterocycles. The highest BCUT2D eigenvalue weighted by molar-refractivity contribution is 5.92. The van der Waals surface area contributed by atoms with Crippen LogP contribution < -0.4 is 14.8 Å². The molecule has 1 aliphatic carbocycles. The number of rotatable bonds is 10. The Morgan fingerprint density at radius 1 is 1.07 bits per heavy atom. The molecule has 0 spiro atoms. The zero-order chi connectivity index (χ0) is 29.1. The number of hydrogen-bond acceptors (Lipinski definition) is 11. The summed E-state index contributed by atoms with van der Waals surface area (Å²) in [5.74, 6) is -0.124. The van der Waals surface area contributed by atoms with Crippen molar-refractivity contribution in [2.24, 2.45) is 0 Å². The molecule has 3 heterocycles. The quantitative estimate of drug-likeness (QED) is 0.258. The lowest BCUT2D eigenvalue weighted by molar-refractivity contribution is -0.277. The van der Waals surface area contributed by atoms with Gasteiger partial charge in [0.2, 0.25) is 17.9 Å². The summed E-state index contributed by atoms with van der Waals surface area (Å²) < 4.78 is 29.6. The molecule has 226 valence electrons. The fourth-order valence-corrected chi connectivity index (χ4v) is 5.86. The second kappa shape index (κ2) is 13.0. The number of benzene rings is 1. The number of fused-ring (bicyclic) bond motifs is 1. The number of carbonyl (C=O) groups is 2. The second-order valence-electron chi connectivity index (χ2n) is 11.0. The van der Waals surface area contributed by atoms with Crippen molar-refractivity contribution in [1.29, 1.82) is 0 Å². The van der Waals surface area contributed by atoms with Gasteiger partial charge in [-0.3, -0.25) is 9.59 Å². The lowest BCUT2D eigenvalue weighted by Crippen LogP contribution is -2.60. The Morgan fingerprint density at radius 3 is 2.54 bits per heavy atom. The smallest absolute Gasteiger partial charge is 0.306 e. The third-order valence-electron chi connectivity index (χ3n) is 8.12. The number of aryl methyl sites for hydroxylation is 1. The second-order valence-corrected chi connectivity index (χ2v) is 11.0. The molecule has 1 aromatic carbocycles. The summed E-state index contributed by atoms with van der Waals surface area (Å²) >= 11 is 0. The Kier molecular flexibility index (Phi) is 9.35. The van der Waals surface area contributed by atoms with Crippen LogP contribution in [-0.4, -0.2) is 88.9 Å². The minimum absolute atomic E-state index is 0.0317. The maximum Gasteiger partial charge on any atom is 0.306 e. The van der Waals surface area contributed by atoms with E-state index in [0.717, 1.165) is 43.1 Å². The molecule has 5 rings (SSSR count). The highest BCUT2D eigenvalue weighted by Gasteiger charge is 2.45. The van der Waals surface area contributed by atoms with Gasteiger partial charge in [0.1, 0.15) is 24.4 Å². The summed E-state index contributed by atoms with van der Waals surface area (Å²) in [6.45, 7) is 1.81. The molecule has 0 bridgehead atoms. The van der Waals surface area contributed by atoms with Crippen molar-refractivity contribution in [3.8, 4) is 11.5 Å². The molecule has 12 heteroatoms. The van der Waals surface area contributed by atoms with Gasteiger partial charge >= 0.3 is 5.97 Å². The first-order valence-corrected chi connectivity index (χ1v) is 14.4. The van der Waals surface area contributed by atoms with Gasteiger partial charge < -0.3 is 49.1 Å². The van der Waals surface area contributed by atoms with Crippen LogP contribution in [0.3, 0.4) is 0 Å². The number of carbonyl (C=O) groups excluding carboxylic acids is 2. The lowest BCUT2D eigenvalue weighted by Gasteiger charge is -2.40. The lowest BCUT2D eigenvalue weighted by atomic mass is 9.94. The van der Waals surface area contributed by atoms with Gasteiger partial charge in [0.05, 0.1) is 25.6 Å². The van der Waals surface area contributed by atoms with Gasteiger partial charge in [0.15, 0.2) is 11.3 Å². The standard InChI is InChI=1S/C29H39NO11/c1-2-37-22(33)9-8-15-10-18-19(16-11-21(32)30-12-16)14-38-27(18)28(39-17-6-4-3-5-7-17)26(15)41-29-25(36)24(35)23(34)20(13-31)40-29/h10,14,16-17,20,23-25,29,31,34-36H,2-9,11-13H2,1H3,(H,30,32)/t16-,20-,23-,24+,25-,29-/m1/s1. The number of hydrogen-bond donors (Lipinski definition) is 5. The van der Waals surface area contributed by atoms with Crippen LogP contribution in [-0.2, 0) is 25.5 Å². The molecule has 6 atom stereocenters. The number of esters is 1. The normalized spacial score (nSPS) is 29.0. The number of nitrogens with one attached hydrogen (secondary N) is 1. The predicted octanol–water partition coefficient (Wildman–Crippen LogP) is 1.42. The average Bonchev–Trinajstić information content (AvgIpc) is 3.59. The number of amides is 1. The van der Waals surface area contributed by atoms with E-state index in [0.29, 0.717) is 24.1 Å². The summed E-state index contributed by atoms with van der Waals surface area (Å²) in [5, 5.41) is 44.6. The van der Waals surface area contributed by atoms with Crippen LogP contribution in [0.4, 0.5) is 0 Å². The van der Waals surface area contributed by atoms with E-state index in [-0.39, 0.29) is 48.9 Å². The van der Waals surface area contributed by atoms with Crippen LogP contribution in [0.5, 0.6) is 11.5 Å².